The molecule has 0 aliphatic rings. The summed E-state index contributed by atoms with van der Waals surface area (Å²) in [5.74, 6) is -0.321. The third-order valence-electron chi connectivity index (χ3n) is 2.84. The molecule has 2 aromatic rings. The molecule has 0 radical (unpaired) electrons. The maximum Gasteiger partial charge on any atom is 0.171 e. The summed E-state index contributed by atoms with van der Waals surface area (Å²) in [6.07, 6.45) is -1.08. The molecule has 1 atom stereocenters. The molecule has 0 saturated heterocycles. The summed E-state index contributed by atoms with van der Waals surface area (Å²) < 4.78 is 22.9. The lowest BCUT2D eigenvalue weighted by atomic mass is 10.0. The van der Waals surface area contributed by atoms with Crippen molar-refractivity contribution in [3.8, 4) is 5.75 Å². The Balaban J connectivity index is 2.44. The van der Waals surface area contributed by atoms with Gasteiger partial charge in [-0.1, -0.05) is 30.5 Å². The van der Waals surface area contributed by atoms with Gasteiger partial charge in [-0.3, -0.25) is 0 Å². The molecule has 1 N–H and O–H groups in total. The summed E-state index contributed by atoms with van der Waals surface area (Å²) in [6, 6.07) is 4.69. The third-order valence-corrected chi connectivity index (χ3v) is 3.64. The monoisotopic (exact) mass is 282 g/mol. The van der Waals surface area contributed by atoms with E-state index in [1.807, 2.05) is 13.8 Å². The topological polar surface area (TPSA) is 55.2 Å². The quantitative estimate of drug-likeness (QED) is 0.937. The van der Waals surface area contributed by atoms with Crippen molar-refractivity contribution >= 4 is 11.5 Å². The number of hydrogen-bond acceptors (Lipinski definition) is 5. The Morgan fingerprint density at radius 3 is 2.74 bits per heavy atom. The Kier molecular flexibility index (Phi) is 4.11. The molecule has 4 nitrogen and oxygen atoms in total. The molecular weight excluding hydrogens is 267 g/mol. The Morgan fingerprint density at radius 1 is 1.37 bits per heavy atom. The highest BCUT2D eigenvalue weighted by molar-refractivity contribution is 7.05. The van der Waals surface area contributed by atoms with Crippen molar-refractivity contribution in [2.24, 2.45) is 0 Å². The van der Waals surface area contributed by atoms with Gasteiger partial charge in [-0.05, 0) is 23.5 Å². The molecule has 0 amide bonds. The predicted molar refractivity (Wildman–Crippen MR) is 71.0 cm³/mol. The maximum absolute atomic E-state index is 14.1. The van der Waals surface area contributed by atoms with E-state index >= 15 is 0 Å². The first-order valence-electron chi connectivity index (χ1n) is 5.88. The molecule has 0 aliphatic heterocycles. The van der Waals surface area contributed by atoms with Gasteiger partial charge in [-0.2, -0.15) is 0 Å². The predicted octanol–water partition coefficient (Wildman–Crippen LogP) is 2.89. The van der Waals surface area contributed by atoms with Crippen molar-refractivity contribution in [3.05, 3.63) is 40.2 Å². The number of aliphatic hydroxyl groups excluding tert-OH is 1. The lowest BCUT2D eigenvalue weighted by Gasteiger charge is -2.14. The summed E-state index contributed by atoms with van der Waals surface area (Å²) in [5, 5.41) is 14.3. The van der Waals surface area contributed by atoms with E-state index in [2.05, 4.69) is 9.59 Å². The van der Waals surface area contributed by atoms with E-state index in [0.29, 0.717) is 10.6 Å². The van der Waals surface area contributed by atoms with E-state index in [9.17, 15) is 9.50 Å². The van der Waals surface area contributed by atoms with Gasteiger partial charge >= 0.3 is 0 Å². The van der Waals surface area contributed by atoms with E-state index in [-0.39, 0.29) is 17.2 Å². The molecule has 0 fully saturated rings. The molecule has 1 aromatic heterocycles. The van der Waals surface area contributed by atoms with Gasteiger partial charge in [0.2, 0.25) is 0 Å². The first-order chi connectivity index (χ1) is 9.06. The highest BCUT2D eigenvalue weighted by atomic mass is 32.1. The fourth-order valence-corrected chi connectivity index (χ4v) is 2.65. The zero-order valence-electron chi connectivity index (χ0n) is 10.9. The van der Waals surface area contributed by atoms with E-state index in [4.69, 9.17) is 4.74 Å². The minimum Gasteiger partial charge on any atom is -0.494 e. The minimum atomic E-state index is -1.08. The minimum absolute atomic E-state index is 0.111. The van der Waals surface area contributed by atoms with Crippen molar-refractivity contribution in [1.82, 2.24) is 9.59 Å². The summed E-state index contributed by atoms with van der Waals surface area (Å²) in [4.78, 5) is 0.571. The number of nitrogens with zero attached hydrogens (tertiary/aromatic N) is 2. The second-order valence-electron chi connectivity index (χ2n) is 4.44. The fraction of sp³-hybridized carbons (Fsp3) is 0.385. The van der Waals surface area contributed by atoms with Crippen molar-refractivity contribution in [2.45, 2.75) is 25.9 Å². The molecule has 102 valence electrons. The van der Waals surface area contributed by atoms with Gasteiger partial charge < -0.3 is 9.84 Å². The highest BCUT2D eigenvalue weighted by Crippen LogP contribution is 2.34. The van der Waals surface area contributed by atoms with Gasteiger partial charge in [0, 0.05) is 5.56 Å². The van der Waals surface area contributed by atoms with Crippen LogP contribution in [0, 0.1) is 5.82 Å². The molecule has 6 heteroatoms. The van der Waals surface area contributed by atoms with Crippen LogP contribution < -0.4 is 4.74 Å². The van der Waals surface area contributed by atoms with Crippen molar-refractivity contribution in [1.29, 1.82) is 0 Å². The molecule has 2 rings (SSSR count). The van der Waals surface area contributed by atoms with Gasteiger partial charge in [0.25, 0.3) is 0 Å². The van der Waals surface area contributed by atoms with E-state index in [0.717, 1.165) is 11.5 Å². The van der Waals surface area contributed by atoms with Crippen LogP contribution in [0.1, 0.15) is 42.0 Å². The van der Waals surface area contributed by atoms with Gasteiger partial charge in [0.15, 0.2) is 11.6 Å². The number of methoxy groups -OCH3 is 1. The standard InChI is InChI=1S/C13H15FN2O2S/c1-7(2)11-13(19-16-15-11)12(17)8-5-4-6-9(18-3)10(8)14/h4-7,12,17H,1-3H3. The fourth-order valence-electron chi connectivity index (χ4n) is 1.83. The summed E-state index contributed by atoms with van der Waals surface area (Å²) in [6.45, 7) is 3.91. The number of ether oxygens (including phenoxy) is 1. The number of rotatable bonds is 4. The van der Waals surface area contributed by atoms with Gasteiger partial charge in [0.05, 0.1) is 17.7 Å². The number of aromatic nitrogens is 2. The van der Waals surface area contributed by atoms with Crippen LogP contribution in [0.3, 0.4) is 0 Å². The summed E-state index contributed by atoms with van der Waals surface area (Å²) in [5.41, 5.74) is 0.868. The van der Waals surface area contributed by atoms with Crippen LogP contribution in [0.2, 0.25) is 0 Å². The zero-order valence-corrected chi connectivity index (χ0v) is 11.7. The smallest absolute Gasteiger partial charge is 0.171 e. The van der Waals surface area contributed by atoms with Crippen LogP contribution in [-0.4, -0.2) is 21.8 Å². The van der Waals surface area contributed by atoms with Crippen LogP contribution in [0.25, 0.3) is 0 Å². The SMILES string of the molecule is COc1cccc(C(O)c2snnc2C(C)C)c1F. The number of halogens is 1. The van der Waals surface area contributed by atoms with Crippen LogP contribution >= 0.6 is 11.5 Å². The van der Waals surface area contributed by atoms with Crippen LogP contribution in [-0.2, 0) is 0 Å². The third kappa shape index (κ3) is 2.59. The number of aliphatic hydroxyl groups is 1. The van der Waals surface area contributed by atoms with Crippen LogP contribution in [0.15, 0.2) is 18.2 Å². The molecule has 0 spiro atoms. The molecule has 0 bridgehead atoms. The van der Waals surface area contributed by atoms with E-state index < -0.39 is 11.9 Å². The number of benzene rings is 1. The lowest BCUT2D eigenvalue weighted by molar-refractivity contribution is 0.215. The molecule has 19 heavy (non-hydrogen) atoms. The Bertz CT molecular complexity index is 572. The molecule has 1 aromatic carbocycles. The Labute approximate surface area is 115 Å². The van der Waals surface area contributed by atoms with Gasteiger partial charge in [-0.25, -0.2) is 4.39 Å². The van der Waals surface area contributed by atoms with E-state index in [1.165, 1.54) is 19.2 Å². The van der Waals surface area contributed by atoms with Gasteiger partial charge in [0.1, 0.15) is 6.10 Å². The molecule has 0 saturated carbocycles. The molecule has 1 unspecified atom stereocenters. The maximum atomic E-state index is 14.1. The summed E-state index contributed by atoms with van der Waals surface area (Å²) in [7, 11) is 1.39. The van der Waals surface area contributed by atoms with Gasteiger partial charge in [-0.15, -0.1) is 5.10 Å². The molecule has 1 heterocycles. The second-order valence-corrected chi connectivity index (χ2v) is 5.23. The van der Waals surface area contributed by atoms with Crippen molar-refractivity contribution in [2.75, 3.05) is 7.11 Å². The second kappa shape index (κ2) is 5.63. The normalized spacial score (nSPS) is 12.7. The van der Waals surface area contributed by atoms with Crippen LogP contribution in [0.5, 0.6) is 5.75 Å². The first-order valence-corrected chi connectivity index (χ1v) is 6.66. The average molecular weight is 282 g/mol. The zero-order chi connectivity index (χ0) is 14.0. The van der Waals surface area contributed by atoms with Crippen molar-refractivity contribution < 1.29 is 14.2 Å². The van der Waals surface area contributed by atoms with Crippen LogP contribution in [0.4, 0.5) is 4.39 Å². The molecular formula is C13H15FN2O2S. The molecule has 0 aliphatic carbocycles. The Morgan fingerprint density at radius 2 is 2.11 bits per heavy atom. The number of hydrogen-bond donors (Lipinski definition) is 1. The Hall–Kier alpha value is -1.53. The average Bonchev–Trinajstić information content (AvgIpc) is 2.87. The highest BCUT2D eigenvalue weighted by Gasteiger charge is 2.24. The van der Waals surface area contributed by atoms with E-state index in [1.54, 1.807) is 6.07 Å². The first kappa shape index (κ1) is 13.9. The van der Waals surface area contributed by atoms with Crippen molar-refractivity contribution in [3.63, 3.8) is 0 Å². The summed E-state index contributed by atoms with van der Waals surface area (Å²) >= 11 is 1.08. The lowest BCUT2D eigenvalue weighted by Crippen LogP contribution is -2.05. The largest absolute Gasteiger partial charge is 0.494 e.